The molecule has 0 saturated carbocycles. The van der Waals surface area contributed by atoms with Crippen LogP contribution in [0.15, 0.2) is 0 Å². The number of hydrogen-bond donors (Lipinski definition) is 1. The summed E-state index contributed by atoms with van der Waals surface area (Å²) < 4.78 is 12.1. The number of carboxylic acid groups (broad SMARTS) is 1. The Morgan fingerprint density at radius 3 is 2.17 bits per heavy atom. The summed E-state index contributed by atoms with van der Waals surface area (Å²) in [4.78, 5) is 21.6. The minimum atomic E-state index is -1.46. The summed E-state index contributed by atoms with van der Waals surface area (Å²) in [6.45, 7) is 0.429. The molecule has 1 aliphatic heterocycles. The first-order valence-electron chi connectivity index (χ1n) is 3.78. The molecule has 12 heavy (non-hydrogen) atoms. The molecule has 0 unspecified atom stereocenters. The van der Waals surface area contributed by atoms with Crippen LogP contribution in [0.1, 0.15) is 12.8 Å². The predicted molar refractivity (Wildman–Crippen MR) is 38.4 cm³/mol. The second kappa shape index (κ2) is 3.51. The van der Waals surface area contributed by atoms with Crippen LogP contribution in [0.3, 0.4) is 0 Å². The smallest absolute Gasteiger partial charge is 0.400 e. The van der Waals surface area contributed by atoms with Crippen LogP contribution in [-0.2, 0) is 4.79 Å². The number of rotatable bonds is 1. The highest BCUT2D eigenvalue weighted by atomic mass is 19.1. The quantitative estimate of drug-likeness (QED) is 0.475. The maximum atomic E-state index is 12.1. The van der Waals surface area contributed by atoms with Crippen molar-refractivity contribution < 1.29 is 19.1 Å². The molecule has 5 heteroatoms. The van der Waals surface area contributed by atoms with Crippen molar-refractivity contribution in [1.82, 2.24) is 4.90 Å². The highest BCUT2D eigenvalue weighted by Crippen LogP contribution is 2.17. The molecule has 1 rings (SSSR count). The summed E-state index contributed by atoms with van der Waals surface area (Å²) >= 11 is 0. The van der Waals surface area contributed by atoms with Gasteiger partial charge in [-0.2, -0.15) is 0 Å². The van der Waals surface area contributed by atoms with Gasteiger partial charge in [-0.25, -0.2) is 4.79 Å². The molecule has 0 spiro atoms. The Morgan fingerprint density at radius 1 is 1.33 bits per heavy atom. The topological polar surface area (TPSA) is 57.6 Å². The van der Waals surface area contributed by atoms with E-state index in [1.165, 1.54) is 0 Å². The Labute approximate surface area is 69.0 Å². The van der Waals surface area contributed by atoms with Gasteiger partial charge in [-0.1, -0.05) is 0 Å². The average Bonchev–Trinajstić information content (AvgIpc) is 2.04. The molecule has 0 bridgehead atoms. The number of piperidine rings is 1. The molecule has 0 aromatic rings. The van der Waals surface area contributed by atoms with Crippen molar-refractivity contribution in [2.75, 3.05) is 13.1 Å². The number of carbonyl (C=O) groups is 2. The zero-order chi connectivity index (χ0) is 9.14. The van der Waals surface area contributed by atoms with Gasteiger partial charge < -0.3 is 10.0 Å². The molecule has 68 valence electrons. The summed E-state index contributed by atoms with van der Waals surface area (Å²) in [6, 6.07) is 0. The first kappa shape index (κ1) is 8.96. The van der Waals surface area contributed by atoms with Crippen LogP contribution in [0.25, 0.3) is 0 Å². The number of carboxylic acids is 1. The van der Waals surface area contributed by atoms with Gasteiger partial charge in [0.05, 0.1) is 5.92 Å². The van der Waals surface area contributed by atoms with Gasteiger partial charge in [0.2, 0.25) is 0 Å². The van der Waals surface area contributed by atoms with Gasteiger partial charge in [-0.05, 0) is 12.8 Å². The van der Waals surface area contributed by atoms with E-state index in [9.17, 15) is 14.0 Å². The number of aliphatic carboxylic acids is 1. The predicted octanol–water partition coefficient (Wildman–Crippen LogP) is 0.873. The maximum Gasteiger partial charge on any atom is 0.400 e. The first-order chi connectivity index (χ1) is 5.61. The number of amides is 1. The fourth-order valence-corrected chi connectivity index (χ4v) is 1.30. The molecule has 4 nitrogen and oxygen atoms in total. The molecule has 1 N–H and O–H groups in total. The molecule has 0 radical (unpaired) electrons. The zero-order valence-corrected chi connectivity index (χ0v) is 6.49. The molecular formula is C7H10FNO3. The molecular weight excluding hydrogens is 165 g/mol. The number of likely N-dealkylation sites (tertiary alicyclic amines) is 1. The lowest BCUT2D eigenvalue weighted by atomic mass is 9.98. The van der Waals surface area contributed by atoms with Crippen LogP contribution in [0.2, 0.25) is 0 Å². The molecule has 1 saturated heterocycles. The second-order valence-corrected chi connectivity index (χ2v) is 2.85. The number of nitrogens with zero attached hydrogens (tertiary/aromatic N) is 1. The zero-order valence-electron chi connectivity index (χ0n) is 6.49. The first-order valence-corrected chi connectivity index (χ1v) is 3.78. The SMILES string of the molecule is O=C(O)C1CCN(C(=O)F)CC1. The van der Waals surface area contributed by atoms with Gasteiger partial charge in [0.25, 0.3) is 0 Å². The van der Waals surface area contributed by atoms with E-state index in [0.717, 1.165) is 4.90 Å². The Hall–Kier alpha value is -1.13. The molecule has 0 aromatic carbocycles. The monoisotopic (exact) mass is 175 g/mol. The van der Waals surface area contributed by atoms with E-state index in [-0.39, 0.29) is 13.1 Å². The fourth-order valence-electron chi connectivity index (χ4n) is 1.30. The molecule has 1 fully saturated rings. The number of hydrogen-bond acceptors (Lipinski definition) is 2. The third kappa shape index (κ3) is 1.93. The molecule has 1 amide bonds. The van der Waals surface area contributed by atoms with E-state index >= 15 is 0 Å². The number of carbonyl (C=O) groups excluding carboxylic acids is 1. The van der Waals surface area contributed by atoms with Crippen LogP contribution in [0.4, 0.5) is 9.18 Å². The Balaban J connectivity index is 2.39. The standard InChI is InChI=1S/C7H10FNO3/c8-7(12)9-3-1-5(2-4-9)6(10)11/h5H,1-4H2,(H,10,11). The van der Waals surface area contributed by atoms with Gasteiger partial charge in [0.15, 0.2) is 0 Å². The highest BCUT2D eigenvalue weighted by Gasteiger charge is 2.26. The van der Waals surface area contributed by atoms with E-state index in [1.807, 2.05) is 0 Å². The van der Waals surface area contributed by atoms with Crippen LogP contribution >= 0.6 is 0 Å². The van der Waals surface area contributed by atoms with Crippen LogP contribution < -0.4 is 0 Å². The van der Waals surface area contributed by atoms with E-state index < -0.39 is 18.0 Å². The van der Waals surface area contributed by atoms with Gasteiger partial charge >= 0.3 is 12.1 Å². The summed E-state index contributed by atoms with van der Waals surface area (Å²) in [5.41, 5.74) is 0. The number of halogens is 1. The lowest BCUT2D eigenvalue weighted by Gasteiger charge is -2.27. The molecule has 0 aromatic heterocycles. The lowest BCUT2D eigenvalue weighted by molar-refractivity contribution is -0.143. The van der Waals surface area contributed by atoms with Crippen molar-refractivity contribution >= 4 is 12.1 Å². The highest BCUT2D eigenvalue weighted by molar-refractivity contribution is 5.71. The average molecular weight is 175 g/mol. The van der Waals surface area contributed by atoms with Gasteiger partial charge in [0, 0.05) is 13.1 Å². The van der Waals surface area contributed by atoms with E-state index in [1.54, 1.807) is 0 Å². The molecule has 0 aliphatic carbocycles. The summed E-state index contributed by atoms with van der Waals surface area (Å²) in [5.74, 6) is -1.28. The summed E-state index contributed by atoms with van der Waals surface area (Å²) in [7, 11) is 0. The molecule has 0 atom stereocenters. The van der Waals surface area contributed by atoms with Gasteiger partial charge in [-0.3, -0.25) is 4.79 Å². The summed E-state index contributed by atoms with van der Waals surface area (Å²) in [6.07, 6.45) is -0.755. The third-order valence-electron chi connectivity index (χ3n) is 2.09. The normalized spacial score (nSPS) is 19.2. The molecule has 1 heterocycles. The van der Waals surface area contributed by atoms with E-state index in [0.29, 0.717) is 12.8 Å². The Bertz CT molecular complexity index is 177. The Morgan fingerprint density at radius 2 is 1.83 bits per heavy atom. The van der Waals surface area contributed by atoms with Crippen molar-refractivity contribution in [3.05, 3.63) is 0 Å². The van der Waals surface area contributed by atoms with Crippen molar-refractivity contribution in [1.29, 1.82) is 0 Å². The van der Waals surface area contributed by atoms with E-state index in [2.05, 4.69) is 0 Å². The molecule has 1 aliphatic rings. The van der Waals surface area contributed by atoms with Crippen LogP contribution in [0, 0.1) is 5.92 Å². The van der Waals surface area contributed by atoms with Crippen molar-refractivity contribution in [3.63, 3.8) is 0 Å². The van der Waals surface area contributed by atoms with Crippen molar-refractivity contribution in [2.45, 2.75) is 12.8 Å². The second-order valence-electron chi connectivity index (χ2n) is 2.85. The van der Waals surface area contributed by atoms with Crippen molar-refractivity contribution in [2.24, 2.45) is 5.92 Å². The lowest BCUT2D eigenvalue weighted by Crippen LogP contribution is -2.37. The summed E-state index contributed by atoms with van der Waals surface area (Å²) in [5, 5.41) is 8.57. The minimum absolute atomic E-state index is 0.215. The van der Waals surface area contributed by atoms with Gasteiger partial charge in [0.1, 0.15) is 0 Å². The Kier molecular flexibility index (Phi) is 2.62. The fraction of sp³-hybridized carbons (Fsp3) is 0.714. The largest absolute Gasteiger partial charge is 0.481 e. The van der Waals surface area contributed by atoms with Gasteiger partial charge in [-0.15, -0.1) is 4.39 Å². The maximum absolute atomic E-state index is 12.1. The van der Waals surface area contributed by atoms with Crippen molar-refractivity contribution in [3.8, 4) is 0 Å². The van der Waals surface area contributed by atoms with E-state index in [4.69, 9.17) is 5.11 Å². The van der Waals surface area contributed by atoms with Crippen LogP contribution in [0.5, 0.6) is 0 Å². The third-order valence-corrected chi connectivity index (χ3v) is 2.09. The minimum Gasteiger partial charge on any atom is -0.481 e. The van der Waals surface area contributed by atoms with Crippen LogP contribution in [-0.4, -0.2) is 35.2 Å².